The maximum Gasteiger partial charge on any atom is 0.194 e. The Bertz CT molecular complexity index is 777. The lowest BCUT2D eigenvalue weighted by molar-refractivity contribution is 0.185. The van der Waals surface area contributed by atoms with Gasteiger partial charge >= 0.3 is 0 Å². The van der Waals surface area contributed by atoms with E-state index in [0.717, 1.165) is 44.4 Å². The van der Waals surface area contributed by atoms with Crippen LogP contribution in [0.4, 0.5) is 5.69 Å². The average Bonchev–Trinajstić information content (AvgIpc) is 2.70. The molecule has 0 saturated carbocycles. The second kappa shape index (κ2) is 11.1. The second-order valence-corrected chi connectivity index (χ2v) is 6.62. The van der Waals surface area contributed by atoms with Gasteiger partial charge in [-0.3, -0.25) is 4.99 Å². The van der Waals surface area contributed by atoms with Crippen molar-refractivity contribution in [1.29, 1.82) is 0 Å². The number of phenols is 1. The van der Waals surface area contributed by atoms with E-state index >= 15 is 0 Å². The lowest BCUT2D eigenvalue weighted by Crippen LogP contribution is -2.52. The molecule has 0 radical (unpaired) electrons. The Morgan fingerprint density at radius 2 is 1.79 bits per heavy atom. The summed E-state index contributed by atoms with van der Waals surface area (Å²) in [7, 11) is 3.53. The molecule has 2 N–H and O–H groups in total. The highest BCUT2D eigenvalue weighted by atomic mass is 127. The molecule has 0 amide bonds. The molecule has 3 rings (SSSR count). The molecule has 0 atom stereocenters. The van der Waals surface area contributed by atoms with Crippen LogP contribution in [-0.4, -0.2) is 56.3 Å². The van der Waals surface area contributed by atoms with Crippen LogP contribution in [-0.2, 0) is 17.9 Å². The summed E-state index contributed by atoms with van der Waals surface area (Å²) in [5.41, 5.74) is 3.27. The molecule has 0 bridgehead atoms. The number of anilines is 1. The third-order valence-electron chi connectivity index (χ3n) is 4.77. The van der Waals surface area contributed by atoms with Gasteiger partial charge in [-0.15, -0.1) is 24.0 Å². The van der Waals surface area contributed by atoms with Gasteiger partial charge in [-0.1, -0.05) is 36.4 Å². The predicted octanol–water partition coefficient (Wildman–Crippen LogP) is 3.05. The van der Waals surface area contributed by atoms with Gasteiger partial charge in [0.05, 0.1) is 12.3 Å². The predicted molar refractivity (Wildman–Crippen MR) is 125 cm³/mol. The smallest absolute Gasteiger partial charge is 0.194 e. The van der Waals surface area contributed by atoms with Crippen LogP contribution in [0.15, 0.2) is 53.5 Å². The van der Waals surface area contributed by atoms with Gasteiger partial charge in [0, 0.05) is 46.9 Å². The third-order valence-corrected chi connectivity index (χ3v) is 4.77. The van der Waals surface area contributed by atoms with Gasteiger partial charge < -0.3 is 25.0 Å². The molecule has 0 spiro atoms. The summed E-state index contributed by atoms with van der Waals surface area (Å²) >= 11 is 0. The zero-order valence-corrected chi connectivity index (χ0v) is 18.8. The molecule has 0 unspecified atom stereocenters. The molecule has 1 aliphatic heterocycles. The SMILES string of the molecule is CN=C(NCc1cccc(COC)c1)N1CCN(c2ccccc2O)CC1.I. The molecule has 1 saturated heterocycles. The van der Waals surface area contributed by atoms with Crippen molar-refractivity contribution in [2.45, 2.75) is 13.2 Å². The first-order valence-corrected chi connectivity index (χ1v) is 9.26. The van der Waals surface area contributed by atoms with Crippen LogP contribution in [0.1, 0.15) is 11.1 Å². The van der Waals surface area contributed by atoms with Gasteiger partial charge in [0.15, 0.2) is 5.96 Å². The summed E-state index contributed by atoms with van der Waals surface area (Å²) < 4.78 is 5.20. The zero-order chi connectivity index (χ0) is 19.1. The van der Waals surface area contributed by atoms with E-state index in [9.17, 15) is 5.11 Å². The number of phenolic OH excluding ortho intramolecular Hbond substituents is 1. The number of aliphatic imine (C=N–C) groups is 1. The molecule has 1 fully saturated rings. The molecule has 1 aliphatic rings. The van der Waals surface area contributed by atoms with E-state index in [4.69, 9.17) is 4.74 Å². The van der Waals surface area contributed by atoms with E-state index in [1.807, 2.05) is 25.2 Å². The molecule has 7 heteroatoms. The van der Waals surface area contributed by atoms with Crippen molar-refractivity contribution in [2.75, 3.05) is 45.2 Å². The molecule has 28 heavy (non-hydrogen) atoms. The van der Waals surface area contributed by atoms with Crippen molar-refractivity contribution in [3.63, 3.8) is 0 Å². The first kappa shape index (κ1) is 22.3. The van der Waals surface area contributed by atoms with Gasteiger partial charge in [-0.2, -0.15) is 0 Å². The van der Waals surface area contributed by atoms with Crippen LogP contribution in [0.25, 0.3) is 0 Å². The number of aromatic hydroxyl groups is 1. The van der Waals surface area contributed by atoms with Crippen LogP contribution >= 0.6 is 24.0 Å². The molecule has 0 aromatic heterocycles. The van der Waals surface area contributed by atoms with Crippen molar-refractivity contribution in [3.8, 4) is 5.75 Å². The van der Waals surface area contributed by atoms with E-state index in [1.54, 1.807) is 13.2 Å². The van der Waals surface area contributed by atoms with E-state index in [1.165, 1.54) is 11.1 Å². The topological polar surface area (TPSA) is 60.3 Å². The molecule has 0 aliphatic carbocycles. The van der Waals surface area contributed by atoms with Crippen molar-refractivity contribution in [3.05, 3.63) is 59.7 Å². The Morgan fingerprint density at radius 3 is 2.46 bits per heavy atom. The Morgan fingerprint density at radius 1 is 1.07 bits per heavy atom. The molecule has 152 valence electrons. The van der Waals surface area contributed by atoms with Crippen LogP contribution in [0.3, 0.4) is 0 Å². The van der Waals surface area contributed by atoms with E-state index in [-0.39, 0.29) is 24.0 Å². The summed E-state index contributed by atoms with van der Waals surface area (Å²) in [6, 6.07) is 15.9. The lowest BCUT2D eigenvalue weighted by atomic mass is 10.1. The first-order chi connectivity index (χ1) is 13.2. The molecule has 6 nitrogen and oxygen atoms in total. The van der Waals surface area contributed by atoms with Crippen LogP contribution < -0.4 is 10.2 Å². The average molecular weight is 496 g/mol. The fourth-order valence-electron chi connectivity index (χ4n) is 3.40. The van der Waals surface area contributed by atoms with Gasteiger partial charge in [0.2, 0.25) is 0 Å². The number of hydrogen-bond acceptors (Lipinski definition) is 4. The van der Waals surface area contributed by atoms with Gasteiger partial charge in [0.25, 0.3) is 0 Å². The number of methoxy groups -OCH3 is 1. The Kier molecular flexibility index (Phi) is 8.85. The second-order valence-electron chi connectivity index (χ2n) is 6.62. The molecule has 1 heterocycles. The number of para-hydroxylation sites is 2. The highest BCUT2D eigenvalue weighted by molar-refractivity contribution is 14.0. The van der Waals surface area contributed by atoms with Crippen molar-refractivity contribution in [1.82, 2.24) is 10.2 Å². The highest BCUT2D eigenvalue weighted by Crippen LogP contribution is 2.27. The number of nitrogens with one attached hydrogen (secondary N) is 1. The summed E-state index contributed by atoms with van der Waals surface area (Å²) in [5, 5.41) is 13.5. The van der Waals surface area contributed by atoms with Crippen molar-refractivity contribution < 1.29 is 9.84 Å². The summed E-state index contributed by atoms with van der Waals surface area (Å²) in [4.78, 5) is 8.91. The number of piperazine rings is 1. The first-order valence-electron chi connectivity index (χ1n) is 9.26. The highest BCUT2D eigenvalue weighted by Gasteiger charge is 2.21. The Labute approximate surface area is 184 Å². The van der Waals surface area contributed by atoms with Crippen molar-refractivity contribution >= 4 is 35.6 Å². The molecule has 2 aromatic rings. The number of benzene rings is 2. The lowest BCUT2D eigenvalue weighted by Gasteiger charge is -2.37. The van der Waals surface area contributed by atoms with Gasteiger partial charge in [-0.05, 0) is 23.3 Å². The summed E-state index contributed by atoms with van der Waals surface area (Å²) in [5.74, 6) is 1.24. The quantitative estimate of drug-likeness (QED) is 0.379. The third kappa shape index (κ3) is 5.75. The standard InChI is InChI=1S/C21H28N4O2.HI/c1-22-21(23-15-17-6-5-7-18(14-17)16-27-2)25-12-10-24(11-13-25)19-8-3-4-9-20(19)26;/h3-9,14,26H,10-13,15-16H2,1-2H3,(H,22,23);1H. The number of rotatable bonds is 5. The van der Waals surface area contributed by atoms with Gasteiger partial charge in [-0.25, -0.2) is 0 Å². The minimum absolute atomic E-state index is 0. The van der Waals surface area contributed by atoms with E-state index < -0.39 is 0 Å². The van der Waals surface area contributed by atoms with Crippen molar-refractivity contribution in [2.24, 2.45) is 4.99 Å². The number of halogens is 1. The number of guanidine groups is 1. The van der Waals surface area contributed by atoms with Gasteiger partial charge in [0.1, 0.15) is 5.75 Å². The van der Waals surface area contributed by atoms with Crippen LogP contribution in [0.2, 0.25) is 0 Å². The number of ether oxygens (including phenoxy) is 1. The maximum absolute atomic E-state index is 10.1. The number of hydrogen-bond donors (Lipinski definition) is 2. The Balaban J connectivity index is 0.00000280. The fourth-order valence-corrected chi connectivity index (χ4v) is 3.40. The molecular weight excluding hydrogens is 467 g/mol. The number of nitrogens with zero attached hydrogens (tertiary/aromatic N) is 3. The zero-order valence-electron chi connectivity index (χ0n) is 16.5. The largest absolute Gasteiger partial charge is 0.506 e. The van der Waals surface area contributed by atoms with E-state index in [0.29, 0.717) is 12.4 Å². The minimum Gasteiger partial charge on any atom is -0.506 e. The van der Waals surface area contributed by atoms with Crippen LogP contribution in [0.5, 0.6) is 5.75 Å². The van der Waals surface area contributed by atoms with E-state index in [2.05, 4.69) is 44.4 Å². The van der Waals surface area contributed by atoms with Crippen LogP contribution in [0, 0.1) is 0 Å². The summed E-state index contributed by atoms with van der Waals surface area (Å²) in [6.07, 6.45) is 0. The minimum atomic E-state index is 0. The summed E-state index contributed by atoms with van der Waals surface area (Å²) in [6.45, 7) is 4.76. The molecule has 2 aromatic carbocycles. The maximum atomic E-state index is 10.1. The monoisotopic (exact) mass is 496 g/mol. The Hall–Kier alpha value is -2.00. The normalized spacial score (nSPS) is 14.6. The fraction of sp³-hybridized carbons (Fsp3) is 0.381. The molecular formula is C21H29IN4O2.